The number of piperazine rings is 1. The Bertz CT molecular complexity index is 1160. The molecule has 7 heteroatoms. The molecule has 0 aromatic heterocycles. The Morgan fingerprint density at radius 1 is 0.941 bits per heavy atom. The van der Waals surface area contributed by atoms with Gasteiger partial charge >= 0.3 is 6.03 Å². The third-order valence-corrected chi connectivity index (χ3v) is 6.25. The number of fused-ring (bicyclic) bond motifs is 1. The van der Waals surface area contributed by atoms with Gasteiger partial charge in [0.05, 0.1) is 13.7 Å². The summed E-state index contributed by atoms with van der Waals surface area (Å²) in [6.07, 6.45) is 0.873. The van der Waals surface area contributed by atoms with Crippen molar-refractivity contribution in [2.24, 2.45) is 0 Å². The minimum Gasteiger partial charge on any atom is -0.497 e. The lowest BCUT2D eigenvalue weighted by Gasteiger charge is -2.34. The van der Waals surface area contributed by atoms with Gasteiger partial charge in [-0.1, -0.05) is 43.3 Å². The predicted molar refractivity (Wildman–Crippen MR) is 135 cm³/mol. The second-order valence-corrected chi connectivity index (χ2v) is 8.53. The molecule has 3 amide bonds. The molecule has 1 aliphatic rings. The molecular formula is C27H32N4O3. The Morgan fingerprint density at radius 3 is 2.44 bits per heavy atom. The van der Waals surface area contributed by atoms with Crippen LogP contribution in [0.2, 0.25) is 0 Å². The highest BCUT2D eigenvalue weighted by Gasteiger charge is 2.22. The van der Waals surface area contributed by atoms with Gasteiger partial charge in [-0.3, -0.25) is 9.69 Å². The number of hydrogen-bond donors (Lipinski definition) is 2. The van der Waals surface area contributed by atoms with Crippen molar-refractivity contribution in [1.29, 1.82) is 0 Å². The van der Waals surface area contributed by atoms with Crippen molar-refractivity contribution in [3.05, 3.63) is 71.8 Å². The van der Waals surface area contributed by atoms with E-state index in [2.05, 4.69) is 28.5 Å². The monoisotopic (exact) mass is 460 g/mol. The number of carbonyl (C=O) groups excluding carboxylic acids is 2. The first-order valence-corrected chi connectivity index (χ1v) is 11.8. The lowest BCUT2D eigenvalue weighted by Crippen LogP contribution is -2.52. The summed E-state index contributed by atoms with van der Waals surface area (Å²) >= 11 is 0. The number of urea groups is 1. The first-order valence-electron chi connectivity index (χ1n) is 11.8. The van der Waals surface area contributed by atoms with Crippen LogP contribution < -0.4 is 15.4 Å². The number of nitrogens with zero attached hydrogens (tertiary/aromatic N) is 2. The maximum atomic E-state index is 12.7. The third-order valence-electron chi connectivity index (χ3n) is 6.25. The van der Waals surface area contributed by atoms with Crippen LogP contribution >= 0.6 is 0 Å². The topological polar surface area (TPSA) is 73.9 Å². The van der Waals surface area contributed by atoms with Gasteiger partial charge in [0.1, 0.15) is 5.75 Å². The second-order valence-electron chi connectivity index (χ2n) is 8.53. The molecule has 1 heterocycles. The molecule has 34 heavy (non-hydrogen) atoms. The van der Waals surface area contributed by atoms with Crippen molar-refractivity contribution in [2.75, 3.05) is 45.2 Å². The fourth-order valence-corrected chi connectivity index (χ4v) is 4.25. The number of nitrogens with one attached hydrogen (secondary N) is 2. The highest BCUT2D eigenvalue weighted by atomic mass is 16.5. The average molecular weight is 461 g/mol. The van der Waals surface area contributed by atoms with E-state index in [0.717, 1.165) is 39.8 Å². The SMILES string of the molecule is CCc1ccccc1NC(=O)CN1CCN(C(=O)NCc2ccc3cc(OC)ccc3c2)CC1. The molecule has 2 N–H and O–H groups in total. The van der Waals surface area contributed by atoms with Crippen LogP contribution in [-0.4, -0.2) is 61.6 Å². The summed E-state index contributed by atoms with van der Waals surface area (Å²) in [5.41, 5.74) is 3.05. The number of benzene rings is 3. The summed E-state index contributed by atoms with van der Waals surface area (Å²) in [4.78, 5) is 29.1. The van der Waals surface area contributed by atoms with Crippen molar-refractivity contribution in [3.63, 3.8) is 0 Å². The van der Waals surface area contributed by atoms with E-state index >= 15 is 0 Å². The Hall–Kier alpha value is -3.58. The average Bonchev–Trinajstić information content (AvgIpc) is 2.87. The van der Waals surface area contributed by atoms with Crippen LogP contribution in [0.25, 0.3) is 10.8 Å². The van der Waals surface area contributed by atoms with Crippen LogP contribution in [-0.2, 0) is 17.8 Å². The summed E-state index contributed by atoms with van der Waals surface area (Å²) in [7, 11) is 1.66. The highest BCUT2D eigenvalue weighted by molar-refractivity contribution is 5.93. The van der Waals surface area contributed by atoms with E-state index in [1.165, 1.54) is 0 Å². The summed E-state index contributed by atoms with van der Waals surface area (Å²) in [6, 6.07) is 19.9. The number of amides is 3. The molecule has 0 bridgehead atoms. The van der Waals surface area contributed by atoms with Gasteiger partial charge in [0.2, 0.25) is 5.91 Å². The molecular weight excluding hydrogens is 428 g/mol. The molecule has 4 rings (SSSR count). The van der Waals surface area contributed by atoms with E-state index in [4.69, 9.17) is 4.74 Å². The normalized spacial score (nSPS) is 14.1. The number of ether oxygens (including phenoxy) is 1. The fraction of sp³-hybridized carbons (Fsp3) is 0.333. The predicted octanol–water partition coefficient (Wildman–Crippen LogP) is 3.88. The minimum atomic E-state index is -0.0733. The van der Waals surface area contributed by atoms with E-state index in [9.17, 15) is 9.59 Å². The minimum absolute atomic E-state index is 0.0206. The third kappa shape index (κ3) is 5.85. The number of carbonyl (C=O) groups is 2. The molecule has 0 atom stereocenters. The molecule has 178 valence electrons. The molecule has 0 spiro atoms. The van der Waals surface area contributed by atoms with E-state index < -0.39 is 0 Å². The summed E-state index contributed by atoms with van der Waals surface area (Å²) in [5.74, 6) is 0.809. The number of methoxy groups -OCH3 is 1. The Morgan fingerprint density at radius 2 is 1.68 bits per heavy atom. The van der Waals surface area contributed by atoms with Gasteiger partial charge in [0.15, 0.2) is 0 Å². The quantitative estimate of drug-likeness (QED) is 0.561. The first kappa shape index (κ1) is 23.6. The first-order chi connectivity index (χ1) is 16.6. The van der Waals surface area contributed by atoms with Gasteiger partial charge in [-0.2, -0.15) is 0 Å². The van der Waals surface area contributed by atoms with Crippen LogP contribution in [0.5, 0.6) is 5.75 Å². The van der Waals surface area contributed by atoms with Crippen molar-refractivity contribution >= 4 is 28.4 Å². The molecule has 3 aromatic carbocycles. The lowest BCUT2D eigenvalue weighted by molar-refractivity contribution is -0.117. The van der Waals surface area contributed by atoms with Crippen molar-refractivity contribution in [2.45, 2.75) is 19.9 Å². The Kier molecular flexibility index (Phi) is 7.65. The molecule has 1 aliphatic heterocycles. The van der Waals surface area contributed by atoms with Gasteiger partial charge in [0.25, 0.3) is 0 Å². The number of hydrogen-bond acceptors (Lipinski definition) is 4. The van der Waals surface area contributed by atoms with Gasteiger partial charge in [0, 0.05) is 38.4 Å². The standard InChI is InChI=1S/C27H32N4O3/c1-3-21-6-4-5-7-25(21)29-26(32)19-30-12-14-31(15-13-30)27(33)28-18-20-8-9-23-17-24(34-2)11-10-22(23)16-20/h4-11,16-17H,3,12-15,18-19H2,1-2H3,(H,28,33)(H,29,32). The zero-order valence-corrected chi connectivity index (χ0v) is 19.8. The van der Waals surface area contributed by atoms with Gasteiger partial charge in [-0.05, 0) is 52.6 Å². The van der Waals surface area contributed by atoms with E-state index in [0.29, 0.717) is 39.3 Å². The number of rotatable bonds is 7. The van der Waals surface area contributed by atoms with E-state index in [-0.39, 0.29) is 11.9 Å². The molecule has 3 aromatic rings. The van der Waals surface area contributed by atoms with Crippen molar-refractivity contribution in [1.82, 2.24) is 15.1 Å². The summed E-state index contributed by atoms with van der Waals surface area (Å²) in [5, 5.41) is 8.26. The molecule has 7 nitrogen and oxygen atoms in total. The largest absolute Gasteiger partial charge is 0.497 e. The molecule has 0 saturated carbocycles. The van der Waals surface area contributed by atoms with Crippen LogP contribution in [0, 0.1) is 0 Å². The molecule has 0 unspecified atom stereocenters. The molecule has 1 fully saturated rings. The smallest absolute Gasteiger partial charge is 0.317 e. The van der Waals surface area contributed by atoms with Crippen LogP contribution in [0.1, 0.15) is 18.1 Å². The van der Waals surface area contributed by atoms with Gasteiger partial charge < -0.3 is 20.3 Å². The highest BCUT2D eigenvalue weighted by Crippen LogP contribution is 2.22. The maximum absolute atomic E-state index is 12.7. The van der Waals surface area contributed by atoms with E-state index in [1.807, 2.05) is 59.5 Å². The van der Waals surface area contributed by atoms with Gasteiger partial charge in [-0.25, -0.2) is 4.79 Å². The van der Waals surface area contributed by atoms with Crippen LogP contribution in [0.4, 0.5) is 10.5 Å². The maximum Gasteiger partial charge on any atom is 0.317 e. The lowest BCUT2D eigenvalue weighted by atomic mass is 10.1. The van der Waals surface area contributed by atoms with Gasteiger partial charge in [-0.15, -0.1) is 0 Å². The molecule has 0 radical (unpaired) electrons. The Balaban J connectivity index is 1.23. The number of aryl methyl sites for hydroxylation is 1. The second kappa shape index (κ2) is 11.0. The summed E-state index contributed by atoms with van der Waals surface area (Å²) < 4.78 is 5.28. The van der Waals surface area contributed by atoms with Crippen molar-refractivity contribution in [3.8, 4) is 5.75 Å². The van der Waals surface area contributed by atoms with Crippen LogP contribution in [0.15, 0.2) is 60.7 Å². The molecule has 1 saturated heterocycles. The zero-order chi connectivity index (χ0) is 23.9. The molecule has 0 aliphatic carbocycles. The van der Waals surface area contributed by atoms with E-state index in [1.54, 1.807) is 7.11 Å². The number of para-hydroxylation sites is 1. The van der Waals surface area contributed by atoms with Crippen LogP contribution in [0.3, 0.4) is 0 Å². The summed E-state index contributed by atoms with van der Waals surface area (Å²) in [6.45, 7) is 5.43. The Labute approximate surface area is 200 Å². The van der Waals surface area contributed by atoms with Crippen molar-refractivity contribution < 1.29 is 14.3 Å². The fourth-order valence-electron chi connectivity index (χ4n) is 4.25. The zero-order valence-electron chi connectivity index (χ0n) is 19.8. The number of anilines is 1.